The first-order valence-electron chi connectivity index (χ1n) is 6.85. The molecule has 0 saturated carbocycles. The number of hydrogen-bond donors (Lipinski definition) is 1. The third-order valence-electron chi connectivity index (χ3n) is 4.37. The monoisotopic (exact) mass is 263 g/mol. The van der Waals surface area contributed by atoms with Gasteiger partial charge in [0.05, 0.1) is 13.2 Å². The number of likely N-dealkylation sites (tertiary alicyclic amines) is 1. The van der Waals surface area contributed by atoms with Crippen LogP contribution in [0.4, 0.5) is 0 Å². The van der Waals surface area contributed by atoms with Crippen LogP contribution in [0.2, 0.25) is 0 Å². The molecule has 2 heterocycles. The fourth-order valence-corrected chi connectivity index (χ4v) is 3.08. The highest BCUT2D eigenvalue weighted by molar-refractivity contribution is 5.43. The topological polar surface area (TPSA) is 41.9 Å². The molecule has 0 unspecified atom stereocenters. The summed E-state index contributed by atoms with van der Waals surface area (Å²) < 4.78 is 11.4. The molecule has 1 aromatic rings. The summed E-state index contributed by atoms with van der Waals surface area (Å²) in [5.74, 6) is 1.57. The molecule has 1 aromatic carbocycles. The molecule has 1 spiro atoms. The van der Waals surface area contributed by atoms with E-state index < -0.39 is 6.10 Å². The molecule has 0 radical (unpaired) electrons. The number of rotatable bonds is 1. The number of benzene rings is 1. The maximum absolute atomic E-state index is 10.4. The van der Waals surface area contributed by atoms with E-state index in [-0.39, 0.29) is 5.60 Å². The lowest BCUT2D eigenvalue weighted by molar-refractivity contribution is -0.0504. The zero-order valence-corrected chi connectivity index (χ0v) is 11.6. The van der Waals surface area contributed by atoms with E-state index in [1.165, 1.54) is 0 Å². The molecule has 0 aromatic heterocycles. The molecule has 2 aliphatic heterocycles. The van der Waals surface area contributed by atoms with Crippen LogP contribution < -0.4 is 9.47 Å². The zero-order valence-electron chi connectivity index (χ0n) is 11.6. The van der Waals surface area contributed by atoms with E-state index in [4.69, 9.17) is 9.47 Å². The second-order valence-electron chi connectivity index (χ2n) is 5.71. The summed E-state index contributed by atoms with van der Waals surface area (Å²) in [6.07, 6.45) is 2.18. The summed E-state index contributed by atoms with van der Waals surface area (Å²) >= 11 is 0. The smallest absolute Gasteiger partial charge is 0.126 e. The second-order valence-corrected chi connectivity index (χ2v) is 5.71. The van der Waals surface area contributed by atoms with Gasteiger partial charge in [0, 0.05) is 25.1 Å². The van der Waals surface area contributed by atoms with Gasteiger partial charge < -0.3 is 19.5 Å². The molecule has 19 heavy (non-hydrogen) atoms. The second kappa shape index (κ2) is 4.69. The van der Waals surface area contributed by atoms with E-state index in [2.05, 4.69) is 11.9 Å². The third kappa shape index (κ3) is 2.30. The lowest BCUT2D eigenvalue weighted by Gasteiger charge is -2.45. The highest BCUT2D eigenvalue weighted by Crippen LogP contribution is 2.45. The minimum atomic E-state index is -0.456. The molecule has 0 aliphatic carbocycles. The maximum Gasteiger partial charge on any atom is 0.126 e. The first kappa shape index (κ1) is 12.8. The van der Waals surface area contributed by atoms with Crippen LogP contribution >= 0.6 is 0 Å². The number of aliphatic hydroxyl groups is 1. The minimum Gasteiger partial charge on any atom is -0.497 e. The first-order chi connectivity index (χ1) is 9.12. The average Bonchev–Trinajstić information content (AvgIpc) is 2.42. The Kier molecular flexibility index (Phi) is 3.15. The molecule has 1 atom stereocenters. The van der Waals surface area contributed by atoms with Crippen LogP contribution in [0, 0.1) is 0 Å². The number of piperidine rings is 1. The Morgan fingerprint density at radius 2 is 2.11 bits per heavy atom. The van der Waals surface area contributed by atoms with E-state index in [9.17, 15) is 5.11 Å². The van der Waals surface area contributed by atoms with Crippen molar-refractivity contribution in [2.24, 2.45) is 0 Å². The molecule has 1 saturated heterocycles. The number of aliphatic hydroxyl groups excluding tert-OH is 1. The van der Waals surface area contributed by atoms with Gasteiger partial charge in [0.2, 0.25) is 0 Å². The Balaban J connectivity index is 1.88. The van der Waals surface area contributed by atoms with Crippen LogP contribution in [0.15, 0.2) is 18.2 Å². The van der Waals surface area contributed by atoms with E-state index in [1.54, 1.807) is 7.11 Å². The number of hydrogen-bond acceptors (Lipinski definition) is 4. The molecule has 4 nitrogen and oxygen atoms in total. The van der Waals surface area contributed by atoms with Crippen molar-refractivity contribution in [2.45, 2.75) is 31.0 Å². The summed E-state index contributed by atoms with van der Waals surface area (Å²) in [5, 5.41) is 10.4. The molecule has 104 valence electrons. The van der Waals surface area contributed by atoms with Crippen molar-refractivity contribution < 1.29 is 14.6 Å². The Hall–Kier alpha value is -1.26. The van der Waals surface area contributed by atoms with E-state index in [1.807, 2.05) is 18.2 Å². The van der Waals surface area contributed by atoms with Gasteiger partial charge >= 0.3 is 0 Å². The minimum absolute atomic E-state index is 0.187. The van der Waals surface area contributed by atoms with Gasteiger partial charge in [0.25, 0.3) is 0 Å². The number of nitrogens with zero attached hydrogens (tertiary/aromatic N) is 1. The Bertz CT molecular complexity index is 466. The number of methoxy groups -OCH3 is 1. The van der Waals surface area contributed by atoms with Crippen LogP contribution in [-0.4, -0.2) is 42.9 Å². The molecule has 4 heteroatoms. The molecule has 3 rings (SSSR count). The van der Waals surface area contributed by atoms with Gasteiger partial charge in [-0.3, -0.25) is 0 Å². The quantitative estimate of drug-likeness (QED) is 0.841. The van der Waals surface area contributed by atoms with Crippen LogP contribution in [0.1, 0.15) is 30.9 Å². The fraction of sp³-hybridized carbons (Fsp3) is 0.600. The lowest BCUT2D eigenvalue weighted by Crippen LogP contribution is -2.49. The molecule has 1 fully saturated rings. The summed E-state index contributed by atoms with van der Waals surface area (Å²) in [4.78, 5) is 2.31. The van der Waals surface area contributed by atoms with Gasteiger partial charge in [-0.1, -0.05) is 0 Å². The predicted octanol–water partition coefficient (Wildman–Crippen LogP) is 1.98. The van der Waals surface area contributed by atoms with Crippen molar-refractivity contribution in [1.29, 1.82) is 0 Å². The van der Waals surface area contributed by atoms with Gasteiger partial charge in [-0.05, 0) is 38.1 Å². The van der Waals surface area contributed by atoms with Crippen molar-refractivity contribution in [1.82, 2.24) is 4.90 Å². The van der Waals surface area contributed by atoms with Crippen molar-refractivity contribution in [3.63, 3.8) is 0 Å². The van der Waals surface area contributed by atoms with Crippen molar-refractivity contribution in [3.05, 3.63) is 23.8 Å². The van der Waals surface area contributed by atoms with Gasteiger partial charge in [0.1, 0.15) is 17.1 Å². The van der Waals surface area contributed by atoms with Crippen LogP contribution in [-0.2, 0) is 0 Å². The largest absolute Gasteiger partial charge is 0.497 e. The van der Waals surface area contributed by atoms with E-state index >= 15 is 0 Å². The van der Waals surface area contributed by atoms with E-state index in [0.29, 0.717) is 6.42 Å². The molecule has 2 aliphatic rings. The molecule has 0 amide bonds. The maximum atomic E-state index is 10.4. The first-order valence-corrected chi connectivity index (χ1v) is 6.85. The van der Waals surface area contributed by atoms with Crippen molar-refractivity contribution in [2.75, 3.05) is 27.2 Å². The van der Waals surface area contributed by atoms with Gasteiger partial charge in [-0.15, -0.1) is 0 Å². The Labute approximate surface area is 113 Å². The number of ether oxygens (including phenoxy) is 2. The normalized spacial score (nSPS) is 25.7. The number of fused-ring (bicyclic) bond motifs is 1. The molecule has 0 bridgehead atoms. The lowest BCUT2D eigenvalue weighted by atomic mass is 9.82. The summed E-state index contributed by atoms with van der Waals surface area (Å²) in [7, 11) is 3.77. The third-order valence-corrected chi connectivity index (χ3v) is 4.37. The van der Waals surface area contributed by atoms with Crippen LogP contribution in [0.25, 0.3) is 0 Å². The van der Waals surface area contributed by atoms with Crippen molar-refractivity contribution >= 4 is 0 Å². The molecule has 1 N–H and O–H groups in total. The Morgan fingerprint density at radius 3 is 2.79 bits per heavy atom. The van der Waals surface area contributed by atoms with Crippen LogP contribution in [0.5, 0.6) is 11.5 Å². The van der Waals surface area contributed by atoms with Crippen molar-refractivity contribution in [3.8, 4) is 11.5 Å². The fourth-order valence-electron chi connectivity index (χ4n) is 3.08. The van der Waals surface area contributed by atoms with Gasteiger partial charge in [-0.25, -0.2) is 0 Å². The standard InChI is InChI=1S/C15H21NO3/c1-16-7-5-15(6-8-16)10-13(17)12-9-11(18-2)3-4-14(12)19-15/h3-4,9,13,17H,5-8,10H2,1-2H3/t13-/m1/s1. The van der Waals surface area contributed by atoms with Gasteiger partial charge in [0.15, 0.2) is 0 Å². The summed E-state index contributed by atoms with van der Waals surface area (Å²) in [6, 6.07) is 5.68. The zero-order chi connectivity index (χ0) is 13.5. The summed E-state index contributed by atoms with van der Waals surface area (Å²) in [6.45, 7) is 2.05. The average molecular weight is 263 g/mol. The highest BCUT2D eigenvalue weighted by atomic mass is 16.5. The molecular formula is C15H21NO3. The SMILES string of the molecule is COc1ccc2c(c1)[C@H](O)CC1(CCN(C)CC1)O2. The van der Waals surface area contributed by atoms with E-state index in [0.717, 1.165) is 43.0 Å². The highest BCUT2D eigenvalue weighted by Gasteiger charge is 2.42. The molecular weight excluding hydrogens is 242 g/mol. The van der Waals surface area contributed by atoms with Gasteiger partial charge in [-0.2, -0.15) is 0 Å². The summed E-state index contributed by atoms with van der Waals surface area (Å²) in [5.41, 5.74) is 0.664. The van der Waals surface area contributed by atoms with Crippen LogP contribution in [0.3, 0.4) is 0 Å². The predicted molar refractivity (Wildman–Crippen MR) is 72.7 cm³/mol. The Morgan fingerprint density at radius 1 is 1.37 bits per heavy atom.